The molecule has 0 spiro atoms. The summed E-state index contributed by atoms with van der Waals surface area (Å²) >= 11 is 0. The Morgan fingerprint density at radius 1 is 1.18 bits per heavy atom. The Kier molecular flexibility index (Phi) is 3.02. The number of benzene rings is 1. The van der Waals surface area contributed by atoms with Crippen LogP contribution < -0.4 is 5.32 Å². The number of aromatic nitrogens is 1. The molecule has 110 valence electrons. The maximum Gasteiger partial charge on any atom is 0.221 e. The first-order valence-electron chi connectivity index (χ1n) is 6.59. The molecule has 0 saturated heterocycles. The molecule has 1 aromatic heterocycles. The van der Waals surface area contributed by atoms with Crippen molar-refractivity contribution in [3.8, 4) is 5.75 Å². The molecule has 6 nitrogen and oxygen atoms in total. The van der Waals surface area contributed by atoms with Gasteiger partial charge in [0.15, 0.2) is 5.78 Å². The van der Waals surface area contributed by atoms with Gasteiger partial charge in [-0.15, -0.1) is 0 Å². The maximum atomic E-state index is 12.7. The van der Waals surface area contributed by atoms with Crippen LogP contribution in [0.25, 0.3) is 0 Å². The second kappa shape index (κ2) is 4.77. The van der Waals surface area contributed by atoms with E-state index in [0.29, 0.717) is 0 Å². The van der Waals surface area contributed by atoms with E-state index in [1.807, 2.05) is 0 Å². The van der Waals surface area contributed by atoms with E-state index in [1.54, 1.807) is 13.0 Å². The van der Waals surface area contributed by atoms with Crippen LogP contribution in [0, 0.1) is 6.92 Å². The van der Waals surface area contributed by atoms with Gasteiger partial charge < -0.3 is 10.4 Å². The number of aryl methyl sites for hydroxylation is 1. The van der Waals surface area contributed by atoms with Crippen molar-refractivity contribution in [1.82, 2.24) is 4.98 Å². The molecular weight excluding hydrogens is 284 g/mol. The van der Waals surface area contributed by atoms with Crippen LogP contribution in [0.15, 0.2) is 24.4 Å². The van der Waals surface area contributed by atoms with Crippen LogP contribution in [0.1, 0.15) is 44.5 Å². The summed E-state index contributed by atoms with van der Waals surface area (Å²) in [6, 6.07) is 4.25. The van der Waals surface area contributed by atoms with Crippen LogP contribution in [-0.2, 0) is 4.79 Å². The minimum atomic E-state index is -0.533. The number of fused-ring (bicyclic) bond motifs is 2. The second-order valence-electron chi connectivity index (χ2n) is 5.13. The fourth-order valence-corrected chi connectivity index (χ4v) is 2.53. The fourth-order valence-electron chi connectivity index (χ4n) is 2.53. The van der Waals surface area contributed by atoms with Crippen LogP contribution in [0.4, 0.5) is 5.69 Å². The Balaban J connectivity index is 2.31. The summed E-state index contributed by atoms with van der Waals surface area (Å²) in [6.07, 6.45) is 1.49. The average Bonchev–Trinajstić information content (AvgIpc) is 2.46. The minimum Gasteiger partial charge on any atom is -0.507 e. The van der Waals surface area contributed by atoms with Crippen molar-refractivity contribution in [2.24, 2.45) is 0 Å². The quantitative estimate of drug-likeness (QED) is 0.668. The van der Waals surface area contributed by atoms with Crippen LogP contribution in [0.2, 0.25) is 0 Å². The molecule has 0 fully saturated rings. The van der Waals surface area contributed by atoms with Gasteiger partial charge in [-0.05, 0) is 30.7 Å². The predicted octanol–water partition coefficient (Wildman–Crippen LogP) is 1.83. The lowest BCUT2D eigenvalue weighted by Gasteiger charge is -2.20. The summed E-state index contributed by atoms with van der Waals surface area (Å²) in [7, 11) is 0. The molecule has 0 bridgehead atoms. The van der Waals surface area contributed by atoms with E-state index < -0.39 is 11.6 Å². The molecule has 0 aliphatic heterocycles. The average molecular weight is 296 g/mol. The standard InChI is InChI=1S/C16H12N2O4/c1-7-5-9-14(17-6-7)16(22)13-11(20)4-3-10(18-8(2)19)12(13)15(9)21/h3-6,20H,1-2H3,(H,18,19). The molecule has 6 heteroatoms. The van der Waals surface area contributed by atoms with Gasteiger partial charge in [-0.2, -0.15) is 0 Å². The van der Waals surface area contributed by atoms with Crippen molar-refractivity contribution >= 4 is 23.2 Å². The SMILES string of the molecule is CC(=O)Nc1ccc(O)c2c1C(=O)c1cc(C)cnc1C2=O. The highest BCUT2D eigenvalue weighted by Crippen LogP contribution is 2.36. The summed E-state index contributed by atoms with van der Waals surface area (Å²) in [6.45, 7) is 3.06. The number of nitrogens with one attached hydrogen (secondary N) is 1. The van der Waals surface area contributed by atoms with Gasteiger partial charge in [-0.25, -0.2) is 0 Å². The molecule has 22 heavy (non-hydrogen) atoms. The number of carbonyl (C=O) groups is 3. The van der Waals surface area contributed by atoms with Crippen LogP contribution >= 0.6 is 0 Å². The van der Waals surface area contributed by atoms with Crippen molar-refractivity contribution in [3.05, 3.63) is 52.3 Å². The van der Waals surface area contributed by atoms with Crippen molar-refractivity contribution in [3.63, 3.8) is 0 Å². The third-order valence-corrected chi connectivity index (χ3v) is 3.43. The monoisotopic (exact) mass is 296 g/mol. The van der Waals surface area contributed by atoms with E-state index >= 15 is 0 Å². The summed E-state index contributed by atoms with van der Waals surface area (Å²) in [5, 5.41) is 12.5. The van der Waals surface area contributed by atoms with Crippen LogP contribution in [0.5, 0.6) is 5.75 Å². The molecule has 1 aliphatic carbocycles. The first-order chi connectivity index (χ1) is 10.4. The highest BCUT2D eigenvalue weighted by molar-refractivity contribution is 6.30. The number of nitrogens with zero attached hydrogens (tertiary/aromatic N) is 1. The van der Waals surface area contributed by atoms with Gasteiger partial charge in [0.1, 0.15) is 11.4 Å². The highest BCUT2D eigenvalue weighted by Gasteiger charge is 2.35. The number of carbonyl (C=O) groups excluding carboxylic acids is 3. The molecule has 0 radical (unpaired) electrons. The number of hydrogen-bond donors (Lipinski definition) is 2. The van der Waals surface area contributed by atoms with E-state index in [0.717, 1.165) is 5.56 Å². The molecule has 0 atom stereocenters. The molecule has 0 saturated carbocycles. The first kappa shape index (κ1) is 13.9. The van der Waals surface area contributed by atoms with Gasteiger partial charge in [0.2, 0.25) is 11.7 Å². The third kappa shape index (κ3) is 1.96. The number of hydrogen-bond acceptors (Lipinski definition) is 5. The summed E-state index contributed by atoms with van der Waals surface area (Å²) in [5.74, 6) is -1.66. The molecule has 2 N–H and O–H groups in total. The lowest BCUT2D eigenvalue weighted by molar-refractivity contribution is -0.114. The Hall–Kier alpha value is -3.02. The van der Waals surface area contributed by atoms with Crippen LogP contribution in [0.3, 0.4) is 0 Å². The van der Waals surface area contributed by atoms with E-state index in [1.165, 1.54) is 25.3 Å². The number of amides is 1. The fraction of sp³-hybridized carbons (Fsp3) is 0.125. The Bertz CT molecular complexity index is 855. The Morgan fingerprint density at radius 2 is 1.91 bits per heavy atom. The van der Waals surface area contributed by atoms with Crippen molar-refractivity contribution in [2.45, 2.75) is 13.8 Å². The number of anilines is 1. The van der Waals surface area contributed by atoms with Gasteiger partial charge in [0, 0.05) is 13.1 Å². The van der Waals surface area contributed by atoms with Crippen molar-refractivity contribution in [1.29, 1.82) is 0 Å². The molecular formula is C16H12N2O4. The Morgan fingerprint density at radius 3 is 2.59 bits per heavy atom. The normalized spacial score (nSPS) is 12.6. The Labute approximate surface area is 125 Å². The number of ketones is 2. The molecule has 1 heterocycles. The summed E-state index contributed by atoms with van der Waals surface area (Å²) in [4.78, 5) is 40.5. The topological polar surface area (TPSA) is 96.4 Å². The maximum absolute atomic E-state index is 12.7. The predicted molar refractivity (Wildman–Crippen MR) is 78.2 cm³/mol. The molecule has 2 aromatic rings. The van der Waals surface area contributed by atoms with Gasteiger partial charge in [0.25, 0.3) is 0 Å². The number of pyridine rings is 1. The van der Waals surface area contributed by atoms with E-state index in [9.17, 15) is 19.5 Å². The van der Waals surface area contributed by atoms with Gasteiger partial charge >= 0.3 is 0 Å². The van der Waals surface area contributed by atoms with Crippen molar-refractivity contribution < 1.29 is 19.5 Å². The second-order valence-corrected chi connectivity index (χ2v) is 5.13. The zero-order valence-corrected chi connectivity index (χ0v) is 11.9. The smallest absolute Gasteiger partial charge is 0.221 e. The van der Waals surface area contributed by atoms with E-state index in [-0.39, 0.29) is 39.7 Å². The zero-order chi connectivity index (χ0) is 16.0. The number of phenols is 1. The van der Waals surface area contributed by atoms with Gasteiger partial charge in [-0.1, -0.05) is 0 Å². The highest BCUT2D eigenvalue weighted by atomic mass is 16.3. The number of phenolic OH excluding ortho intramolecular Hbond substituents is 1. The van der Waals surface area contributed by atoms with Crippen molar-refractivity contribution in [2.75, 3.05) is 5.32 Å². The molecule has 1 aliphatic rings. The number of rotatable bonds is 1. The largest absolute Gasteiger partial charge is 0.507 e. The number of aromatic hydroxyl groups is 1. The lowest BCUT2D eigenvalue weighted by atomic mass is 9.85. The minimum absolute atomic E-state index is 0.0000926. The van der Waals surface area contributed by atoms with Crippen LogP contribution in [-0.4, -0.2) is 27.6 Å². The van der Waals surface area contributed by atoms with Gasteiger partial charge in [-0.3, -0.25) is 19.4 Å². The summed E-state index contributed by atoms with van der Waals surface area (Å²) < 4.78 is 0. The van der Waals surface area contributed by atoms with E-state index in [4.69, 9.17) is 0 Å². The molecule has 1 aromatic carbocycles. The van der Waals surface area contributed by atoms with Gasteiger partial charge in [0.05, 0.1) is 22.4 Å². The molecule has 1 amide bonds. The first-order valence-corrected chi connectivity index (χ1v) is 6.59. The molecule has 3 rings (SSSR count). The van der Waals surface area contributed by atoms with E-state index in [2.05, 4.69) is 10.3 Å². The third-order valence-electron chi connectivity index (χ3n) is 3.43. The summed E-state index contributed by atoms with van der Waals surface area (Å²) in [5.41, 5.74) is 1.00. The molecule has 0 unspecified atom stereocenters. The zero-order valence-electron chi connectivity index (χ0n) is 11.9. The lowest BCUT2D eigenvalue weighted by Crippen LogP contribution is -2.24.